The van der Waals surface area contributed by atoms with Gasteiger partial charge in [-0.15, -0.1) is 0 Å². The standard InChI is InChI=1S/C23H18BrNO3/c1-28-19-13-7-15(8-14-19)20-21(16-5-3-2-4-6-16)25(23(27)22(20)26)18-11-9-17(24)10-12-18/h2-14,21,26H,1H3. The average molecular weight is 436 g/mol. The van der Waals surface area contributed by atoms with Gasteiger partial charge in [-0.05, 0) is 47.5 Å². The molecule has 0 spiro atoms. The molecule has 1 aliphatic heterocycles. The van der Waals surface area contributed by atoms with Crippen molar-refractivity contribution in [3.63, 3.8) is 0 Å². The maximum absolute atomic E-state index is 13.1. The monoisotopic (exact) mass is 435 g/mol. The third-order valence-corrected chi connectivity index (χ3v) is 5.36. The Morgan fingerprint density at radius 1 is 0.929 bits per heavy atom. The molecule has 0 aliphatic carbocycles. The van der Waals surface area contributed by atoms with Crippen LogP contribution in [0.1, 0.15) is 17.2 Å². The van der Waals surface area contributed by atoms with Crippen LogP contribution in [0.4, 0.5) is 5.69 Å². The van der Waals surface area contributed by atoms with Crippen LogP contribution in [0, 0.1) is 0 Å². The minimum Gasteiger partial charge on any atom is -0.503 e. The molecule has 0 fully saturated rings. The van der Waals surface area contributed by atoms with Crippen molar-refractivity contribution < 1.29 is 14.6 Å². The van der Waals surface area contributed by atoms with Gasteiger partial charge in [-0.25, -0.2) is 0 Å². The summed E-state index contributed by atoms with van der Waals surface area (Å²) in [4.78, 5) is 14.7. The van der Waals surface area contributed by atoms with Crippen LogP contribution in [0.5, 0.6) is 5.75 Å². The van der Waals surface area contributed by atoms with Crippen LogP contribution in [-0.2, 0) is 4.79 Å². The van der Waals surface area contributed by atoms with E-state index in [1.807, 2.05) is 78.9 Å². The number of carbonyl (C=O) groups excluding carboxylic acids is 1. The Balaban J connectivity index is 1.87. The Hall–Kier alpha value is -3.05. The number of aliphatic hydroxyl groups excluding tert-OH is 1. The zero-order valence-corrected chi connectivity index (χ0v) is 16.8. The number of benzene rings is 3. The lowest BCUT2D eigenvalue weighted by molar-refractivity contribution is -0.117. The predicted molar refractivity (Wildman–Crippen MR) is 113 cm³/mol. The summed E-state index contributed by atoms with van der Waals surface area (Å²) in [5, 5.41) is 10.8. The van der Waals surface area contributed by atoms with E-state index in [-0.39, 0.29) is 5.76 Å². The first-order valence-corrected chi connectivity index (χ1v) is 9.61. The second kappa shape index (κ2) is 7.52. The summed E-state index contributed by atoms with van der Waals surface area (Å²) >= 11 is 3.43. The number of rotatable bonds is 4. The van der Waals surface area contributed by atoms with Crippen LogP contribution in [0.2, 0.25) is 0 Å². The lowest BCUT2D eigenvalue weighted by Crippen LogP contribution is -2.30. The van der Waals surface area contributed by atoms with Gasteiger partial charge in [0.1, 0.15) is 5.75 Å². The van der Waals surface area contributed by atoms with E-state index in [9.17, 15) is 9.90 Å². The predicted octanol–water partition coefficient (Wildman–Crippen LogP) is 5.51. The number of hydrogen-bond acceptors (Lipinski definition) is 3. The van der Waals surface area contributed by atoms with E-state index >= 15 is 0 Å². The third kappa shape index (κ3) is 3.18. The maximum atomic E-state index is 13.1. The second-order valence-electron chi connectivity index (χ2n) is 6.46. The molecule has 140 valence electrons. The van der Waals surface area contributed by atoms with Gasteiger partial charge in [0.2, 0.25) is 0 Å². The zero-order valence-electron chi connectivity index (χ0n) is 15.2. The summed E-state index contributed by atoms with van der Waals surface area (Å²) in [6.07, 6.45) is 0. The number of amides is 1. The SMILES string of the molecule is COc1ccc(C2=C(O)C(=O)N(c3ccc(Br)cc3)C2c2ccccc2)cc1. The minimum absolute atomic E-state index is 0.234. The van der Waals surface area contributed by atoms with Gasteiger partial charge in [-0.2, -0.15) is 0 Å². The quantitative estimate of drug-likeness (QED) is 0.587. The lowest BCUT2D eigenvalue weighted by Gasteiger charge is -2.27. The number of halogens is 1. The van der Waals surface area contributed by atoms with E-state index in [4.69, 9.17) is 4.74 Å². The fourth-order valence-corrected chi connectivity index (χ4v) is 3.75. The number of aliphatic hydroxyl groups is 1. The first kappa shape index (κ1) is 18.3. The Morgan fingerprint density at radius 3 is 2.18 bits per heavy atom. The van der Waals surface area contributed by atoms with Gasteiger partial charge >= 0.3 is 0 Å². The van der Waals surface area contributed by atoms with Crippen LogP contribution in [0.3, 0.4) is 0 Å². The molecule has 1 N–H and O–H groups in total. The smallest absolute Gasteiger partial charge is 0.294 e. The molecule has 28 heavy (non-hydrogen) atoms. The van der Waals surface area contributed by atoms with E-state index < -0.39 is 11.9 Å². The van der Waals surface area contributed by atoms with Crippen molar-refractivity contribution in [2.45, 2.75) is 6.04 Å². The molecule has 0 saturated carbocycles. The van der Waals surface area contributed by atoms with Crippen LogP contribution >= 0.6 is 15.9 Å². The fourth-order valence-electron chi connectivity index (χ4n) is 3.49. The number of anilines is 1. The van der Waals surface area contributed by atoms with Crippen molar-refractivity contribution in [1.82, 2.24) is 0 Å². The van der Waals surface area contributed by atoms with Gasteiger partial charge in [0.05, 0.1) is 13.2 Å². The number of ether oxygens (including phenoxy) is 1. The van der Waals surface area contributed by atoms with Crippen molar-refractivity contribution in [2.24, 2.45) is 0 Å². The van der Waals surface area contributed by atoms with Crippen molar-refractivity contribution >= 4 is 33.1 Å². The molecule has 0 aromatic heterocycles. The van der Waals surface area contributed by atoms with E-state index in [1.165, 1.54) is 0 Å². The van der Waals surface area contributed by atoms with Crippen molar-refractivity contribution in [3.8, 4) is 5.75 Å². The van der Waals surface area contributed by atoms with Gasteiger partial charge in [-0.3, -0.25) is 9.69 Å². The molecular formula is C23H18BrNO3. The summed E-state index contributed by atoms with van der Waals surface area (Å²) in [5.41, 5.74) is 3.01. The van der Waals surface area contributed by atoms with Gasteiger partial charge in [0.15, 0.2) is 5.76 Å². The van der Waals surface area contributed by atoms with Crippen LogP contribution in [-0.4, -0.2) is 18.1 Å². The molecule has 3 aromatic carbocycles. The number of nitrogens with zero attached hydrogens (tertiary/aromatic N) is 1. The molecular weight excluding hydrogens is 418 g/mol. The molecule has 0 bridgehead atoms. The van der Waals surface area contributed by atoms with Crippen LogP contribution in [0.25, 0.3) is 5.57 Å². The summed E-state index contributed by atoms with van der Waals surface area (Å²) in [5.74, 6) is 0.0677. The minimum atomic E-state index is -0.428. The molecule has 1 aliphatic rings. The number of methoxy groups -OCH3 is 1. The molecule has 1 atom stereocenters. The van der Waals surface area contributed by atoms with Crippen LogP contribution in [0.15, 0.2) is 89.1 Å². The zero-order chi connectivity index (χ0) is 19.7. The van der Waals surface area contributed by atoms with E-state index in [2.05, 4.69) is 15.9 Å². The lowest BCUT2D eigenvalue weighted by atomic mass is 9.93. The van der Waals surface area contributed by atoms with Gasteiger partial charge < -0.3 is 9.84 Å². The molecule has 4 rings (SSSR count). The molecule has 4 nitrogen and oxygen atoms in total. The Kier molecular flexibility index (Phi) is 4.92. The molecule has 0 radical (unpaired) electrons. The highest BCUT2D eigenvalue weighted by molar-refractivity contribution is 9.10. The van der Waals surface area contributed by atoms with Gasteiger partial charge in [0.25, 0.3) is 5.91 Å². The van der Waals surface area contributed by atoms with Crippen molar-refractivity contribution in [3.05, 3.63) is 100 Å². The highest BCUT2D eigenvalue weighted by Gasteiger charge is 2.41. The normalized spacial score (nSPS) is 16.6. The van der Waals surface area contributed by atoms with E-state index in [0.29, 0.717) is 11.3 Å². The Labute approximate surface area is 171 Å². The van der Waals surface area contributed by atoms with E-state index in [1.54, 1.807) is 12.0 Å². The van der Waals surface area contributed by atoms with Crippen molar-refractivity contribution in [2.75, 3.05) is 12.0 Å². The number of hydrogen-bond donors (Lipinski definition) is 1. The van der Waals surface area contributed by atoms with Gasteiger partial charge in [0, 0.05) is 15.7 Å². The topological polar surface area (TPSA) is 49.8 Å². The summed E-state index contributed by atoms with van der Waals surface area (Å²) in [6.45, 7) is 0. The third-order valence-electron chi connectivity index (χ3n) is 4.83. The highest BCUT2D eigenvalue weighted by atomic mass is 79.9. The molecule has 0 saturated heterocycles. The summed E-state index contributed by atoms with van der Waals surface area (Å²) in [6, 6.07) is 24.2. The summed E-state index contributed by atoms with van der Waals surface area (Å²) < 4.78 is 6.16. The molecule has 5 heteroatoms. The van der Waals surface area contributed by atoms with Crippen molar-refractivity contribution in [1.29, 1.82) is 0 Å². The van der Waals surface area contributed by atoms with Crippen LogP contribution < -0.4 is 9.64 Å². The first-order valence-electron chi connectivity index (χ1n) is 8.82. The van der Waals surface area contributed by atoms with Gasteiger partial charge in [-0.1, -0.05) is 58.4 Å². The highest BCUT2D eigenvalue weighted by Crippen LogP contribution is 2.45. The molecule has 1 unspecified atom stereocenters. The van der Waals surface area contributed by atoms with E-state index in [0.717, 1.165) is 21.3 Å². The summed E-state index contributed by atoms with van der Waals surface area (Å²) in [7, 11) is 1.60. The Morgan fingerprint density at radius 2 is 1.57 bits per heavy atom. The fraction of sp³-hybridized carbons (Fsp3) is 0.0870. The molecule has 1 heterocycles. The molecule has 3 aromatic rings. The second-order valence-corrected chi connectivity index (χ2v) is 7.37. The largest absolute Gasteiger partial charge is 0.503 e. The first-order chi connectivity index (χ1) is 13.6. The average Bonchev–Trinajstić information content (AvgIpc) is 3.00. The maximum Gasteiger partial charge on any atom is 0.294 e. The number of carbonyl (C=O) groups is 1. The Bertz CT molecular complexity index is 1030. The molecule has 1 amide bonds.